The molecule has 4 heteroatoms. The van der Waals surface area contributed by atoms with Crippen LogP contribution >= 0.6 is 0 Å². The van der Waals surface area contributed by atoms with Crippen LogP contribution in [0.3, 0.4) is 0 Å². The van der Waals surface area contributed by atoms with Gasteiger partial charge in [-0.05, 0) is 19.1 Å². The average Bonchev–Trinajstić information content (AvgIpc) is 2.18. The summed E-state index contributed by atoms with van der Waals surface area (Å²) in [4.78, 5) is 10.5. The lowest BCUT2D eigenvalue weighted by atomic mass is 10.2. The number of hydrogen-bond donors (Lipinski definition) is 2. The molecule has 0 aromatic heterocycles. The van der Waals surface area contributed by atoms with E-state index in [4.69, 9.17) is 15.6 Å². The molecule has 0 bridgehead atoms. The molecule has 2 atom stereocenters. The molecule has 0 aliphatic carbocycles. The molecule has 1 aromatic carbocycles. The first-order valence-corrected chi connectivity index (χ1v) is 4.31. The van der Waals surface area contributed by atoms with E-state index in [9.17, 15) is 4.79 Å². The molecule has 0 aliphatic heterocycles. The fraction of sp³-hybridized carbons (Fsp3) is 0.300. The Morgan fingerprint density at radius 2 is 2.00 bits per heavy atom. The number of para-hydroxylation sites is 1. The Labute approximate surface area is 82.3 Å². The second-order valence-electron chi connectivity index (χ2n) is 3.00. The Morgan fingerprint density at radius 1 is 1.43 bits per heavy atom. The lowest BCUT2D eigenvalue weighted by Crippen LogP contribution is -2.43. The summed E-state index contributed by atoms with van der Waals surface area (Å²) in [6, 6.07) is 7.99. The summed E-state index contributed by atoms with van der Waals surface area (Å²) in [5, 5.41) is 8.63. The second kappa shape index (κ2) is 4.62. The van der Waals surface area contributed by atoms with E-state index in [-0.39, 0.29) is 0 Å². The van der Waals surface area contributed by atoms with Gasteiger partial charge in [-0.15, -0.1) is 0 Å². The zero-order chi connectivity index (χ0) is 10.6. The number of aliphatic carboxylic acids is 1. The predicted molar refractivity (Wildman–Crippen MR) is 52.1 cm³/mol. The van der Waals surface area contributed by atoms with Gasteiger partial charge in [0.05, 0.1) is 0 Å². The van der Waals surface area contributed by atoms with Gasteiger partial charge >= 0.3 is 5.97 Å². The standard InChI is InChI=1S/C10H13NO3/c1-7(9(11)10(12)13)14-8-5-3-2-4-6-8/h2-7,9H,11H2,1H3,(H,12,13)/t7-,9+/m1/s1. The topological polar surface area (TPSA) is 72.5 Å². The summed E-state index contributed by atoms with van der Waals surface area (Å²) >= 11 is 0. The van der Waals surface area contributed by atoms with Crippen molar-refractivity contribution in [2.75, 3.05) is 0 Å². The molecule has 0 saturated heterocycles. The SMILES string of the molecule is C[C@@H](Oc1ccccc1)[C@H](N)C(=O)O. The van der Waals surface area contributed by atoms with Gasteiger partial charge in [-0.2, -0.15) is 0 Å². The number of ether oxygens (including phenoxy) is 1. The van der Waals surface area contributed by atoms with Gasteiger partial charge in [0.15, 0.2) is 0 Å². The van der Waals surface area contributed by atoms with Gasteiger partial charge in [0, 0.05) is 0 Å². The van der Waals surface area contributed by atoms with Crippen LogP contribution in [0.4, 0.5) is 0 Å². The third-order valence-electron chi connectivity index (χ3n) is 1.86. The highest BCUT2D eigenvalue weighted by molar-refractivity contribution is 5.73. The molecule has 0 heterocycles. The number of carboxylic acids is 1. The van der Waals surface area contributed by atoms with Gasteiger partial charge in [-0.3, -0.25) is 4.79 Å². The highest BCUT2D eigenvalue weighted by atomic mass is 16.5. The van der Waals surface area contributed by atoms with E-state index in [1.165, 1.54) is 0 Å². The fourth-order valence-corrected chi connectivity index (χ4v) is 0.988. The minimum Gasteiger partial charge on any atom is -0.488 e. The lowest BCUT2D eigenvalue weighted by Gasteiger charge is -2.17. The van der Waals surface area contributed by atoms with Crippen molar-refractivity contribution < 1.29 is 14.6 Å². The van der Waals surface area contributed by atoms with Crippen molar-refractivity contribution in [3.8, 4) is 5.75 Å². The van der Waals surface area contributed by atoms with Crippen molar-refractivity contribution in [1.82, 2.24) is 0 Å². The van der Waals surface area contributed by atoms with Crippen LogP contribution in [0.1, 0.15) is 6.92 Å². The lowest BCUT2D eigenvalue weighted by molar-refractivity contribution is -0.140. The van der Waals surface area contributed by atoms with Crippen molar-refractivity contribution in [3.05, 3.63) is 30.3 Å². The van der Waals surface area contributed by atoms with Crippen LogP contribution in [0.2, 0.25) is 0 Å². The second-order valence-corrected chi connectivity index (χ2v) is 3.00. The molecule has 0 saturated carbocycles. The normalized spacial score (nSPS) is 14.4. The molecular weight excluding hydrogens is 182 g/mol. The summed E-state index contributed by atoms with van der Waals surface area (Å²) in [5.41, 5.74) is 5.38. The Balaban J connectivity index is 2.57. The first kappa shape index (κ1) is 10.5. The van der Waals surface area contributed by atoms with E-state index in [0.29, 0.717) is 5.75 Å². The Morgan fingerprint density at radius 3 is 2.50 bits per heavy atom. The third kappa shape index (κ3) is 2.74. The van der Waals surface area contributed by atoms with E-state index < -0.39 is 18.1 Å². The number of nitrogens with two attached hydrogens (primary N) is 1. The van der Waals surface area contributed by atoms with Gasteiger partial charge in [0.1, 0.15) is 17.9 Å². The average molecular weight is 195 g/mol. The van der Waals surface area contributed by atoms with Gasteiger partial charge in [0.2, 0.25) is 0 Å². The monoisotopic (exact) mass is 195 g/mol. The van der Waals surface area contributed by atoms with Gasteiger partial charge in [-0.1, -0.05) is 18.2 Å². The van der Waals surface area contributed by atoms with Gasteiger partial charge < -0.3 is 15.6 Å². The molecule has 3 N–H and O–H groups in total. The zero-order valence-corrected chi connectivity index (χ0v) is 7.88. The van der Waals surface area contributed by atoms with Crippen LogP contribution in [0, 0.1) is 0 Å². The number of hydrogen-bond acceptors (Lipinski definition) is 3. The summed E-state index contributed by atoms with van der Waals surface area (Å²) in [6.07, 6.45) is -0.546. The summed E-state index contributed by atoms with van der Waals surface area (Å²) in [7, 11) is 0. The van der Waals surface area contributed by atoms with Gasteiger partial charge in [0.25, 0.3) is 0 Å². The minimum absolute atomic E-state index is 0.546. The van der Waals surface area contributed by atoms with Crippen molar-refractivity contribution in [2.45, 2.75) is 19.1 Å². The van der Waals surface area contributed by atoms with Crippen molar-refractivity contribution in [2.24, 2.45) is 5.73 Å². The van der Waals surface area contributed by atoms with Crippen molar-refractivity contribution in [1.29, 1.82) is 0 Å². The maximum Gasteiger partial charge on any atom is 0.324 e. The largest absolute Gasteiger partial charge is 0.488 e. The number of rotatable bonds is 4. The van der Waals surface area contributed by atoms with Crippen molar-refractivity contribution in [3.63, 3.8) is 0 Å². The molecule has 0 amide bonds. The Hall–Kier alpha value is -1.55. The van der Waals surface area contributed by atoms with Gasteiger partial charge in [-0.25, -0.2) is 0 Å². The van der Waals surface area contributed by atoms with Crippen LogP contribution < -0.4 is 10.5 Å². The molecule has 14 heavy (non-hydrogen) atoms. The smallest absolute Gasteiger partial charge is 0.324 e. The Kier molecular flexibility index (Phi) is 3.48. The predicted octanol–water partition coefficient (Wildman–Crippen LogP) is 0.866. The quantitative estimate of drug-likeness (QED) is 0.747. The molecule has 1 aromatic rings. The number of carboxylic acid groups (broad SMARTS) is 1. The van der Waals surface area contributed by atoms with Crippen LogP contribution in [0.5, 0.6) is 5.75 Å². The molecule has 0 fully saturated rings. The van der Waals surface area contributed by atoms with E-state index in [1.54, 1.807) is 19.1 Å². The molecule has 1 rings (SSSR count). The molecular formula is C10H13NO3. The molecule has 4 nitrogen and oxygen atoms in total. The maximum absolute atomic E-state index is 10.5. The highest BCUT2D eigenvalue weighted by Crippen LogP contribution is 2.11. The summed E-state index contributed by atoms with van der Waals surface area (Å²) in [6.45, 7) is 1.63. The molecule has 0 spiro atoms. The fourth-order valence-electron chi connectivity index (χ4n) is 0.988. The van der Waals surface area contributed by atoms with Crippen LogP contribution in [0.25, 0.3) is 0 Å². The molecule has 0 unspecified atom stereocenters. The van der Waals surface area contributed by atoms with E-state index in [2.05, 4.69) is 0 Å². The van der Waals surface area contributed by atoms with Crippen LogP contribution in [-0.4, -0.2) is 23.2 Å². The minimum atomic E-state index is -1.06. The van der Waals surface area contributed by atoms with E-state index in [0.717, 1.165) is 0 Å². The summed E-state index contributed by atoms with van der Waals surface area (Å²) < 4.78 is 5.33. The third-order valence-corrected chi connectivity index (χ3v) is 1.86. The van der Waals surface area contributed by atoms with E-state index in [1.807, 2.05) is 18.2 Å². The summed E-state index contributed by atoms with van der Waals surface area (Å²) in [5.74, 6) is -0.440. The van der Waals surface area contributed by atoms with E-state index >= 15 is 0 Å². The number of benzene rings is 1. The molecule has 0 aliphatic rings. The van der Waals surface area contributed by atoms with Crippen molar-refractivity contribution >= 4 is 5.97 Å². The Bertz CT molecular complexity index is 299. The first-order chi connectivity index (χ1) is 6.61. The zero-order valence-electron chi connectivity index (χ0n) is 7.88. The van der Waals surface area contributed by atoms with Crippen LogP contribution in [0.15, 0.2) is 30.3 Å². The molecule has 0 radical (unpaired) electrons. The first-order valence-electron chi connectivity index (χ1n) is 4.31. The van der Waals surface area contributed by atoms with Crippen LogP contribution in [-0.2, 0) is 4.79 Å². The highest BCUT2D eigenvalue weighted by Gasteiger charge is 2.21. The maximum atomic E-state index is 10.5. The number of carbonyl (C=O) groups is 1. The molecule has 76 valence electrons.